The number of methoxy groups -OCH3 is 1. The number of aryl methyl sites for hydroxylation is 1. The van der Waals surface area contributed by atoms with Gasteiger partial charge in [0.2, 0.25) is 0 Å². The van der Waals surface area contributed by atoms with Crippen molar-refractivity contribution in [1.29, 1.82) is 0 Å². The summed E-state index contributed by atoms with van der Waals surface area (Å²) in [5, 5.41) is 0. The van der Waals surface area contributed by atoms with E-state index >= 15 is 0 Å². The van der Waals surface area contributed by atoms with Crippen molar-refractivity contribution in [2.75, 3.05) is 7.11 Å². The first-order chi connectivity index (χ1) is 14.6. The molecule has 0 N–H and O–H groups in total. The van der Waals surface area contributed by atoms with E-state index in [0.717, 1.165) is 37.7 Å². The van der Waals surface area contributed by atoms with E-state index < -0.39 is 6.10 Å². The Kier molecular flexibility index (Phi) is 6.82. The van der Waals surface area contributed by atoms with Crippen LogP contribution in [0.15, 0.2) is 46.3 Å². The van der Waals surface area contributed by atoms with E-state index in [1.165, 1.54) is 7.11 Å². The van der Waals surface area contributed by atoms with E-state index in [4.69, 9.17) is 13.9 Å². The largest absolute Gasteiger partial charge is 0.472 e. The summed E-state index contributed by atoms with van der Waals surface area (Å²) in [5.74, 6) is -0.514. The third-order valence-corrected chi connectivity index (χ3v) is 7.65. The second kappa shape index (κ2) is 9.05. The average molecular weight is 429 g/mol. The van der Waals surface area contributed by atoms with Crippen LogP contribution < -0.4 is 0 Å². The molecular formula is C26H36O5. The Bertz CT molecular complexity index is 860. The highest BCUT2D eigenvalue weighted by atomic mass is 16.5. The molecule has 1 saturated carbocycles. The lowest BCUT2D eigenvalue weighted by atomic mass is 9.47. The van der Waals surface area contributed by atoms with E-state index in [-0.39, 0.29) is 34.6 Å². The predicted octanol–water partition coefficient (Wildman–Crippen LogP) is 5.65. The van der Waals surface area contributed by atoms with Gasteiger partial charge in [0.15, 0.2) is 0 Å². The van der Waals surface area contributed by atoms with Crippen LogP contribution in [0, 0.1) is 22.7 Å². The average Bonchev–Trinajstić information content (AvgIpc) is 3.24. The number of esters is 2. The molecule has 31 heavy (non-hydrogen) atoms. The van der Waals surface area contributed by atoms with E-state index in [9.17, 15) is 9.59 Å². The number of hydrogen-bond acceptors (Lipinski definition) is 5. The molecule has 0 aromatic carbocycles. The van der Waals surface area contributed by atoms with E-state index in [2.05, 4.69) is 20.8 Å². The molecule has 1 fully saturated rings. The molecule has 0 radical (unpaired) electrons. The normalized spacial score (nSPS) is 30.2. The Morgan fingerprint density at radius 3 is 2.61 bits per heavy atom. The number of ether oxygens (including phenoxy) is 2. The van der Waals surface area contributed by atoms with E-state index in [1.807, 2.05) is 19.1 Å². The molecule has 0 bridgehead atoms. The summed E-state index contributed by atoms with van der Waals surface area (Å²) in [6, 6.07) is 1.97. The Morgan fingerprint density at radius 1 is 1.26 bits per heavy atom. The molecule has 5 heteroatoms. The van der Waals surface area contributed by atoms with Crippen LogP contribution in [0.2, 0.25) is 0 Å². The van der Waals surface area contributed by atoms with Crippen LogP contribution in [-0.4, -0.2) is 25.2 Å². The summed E-state index contributed by atoms with van der Waals surface area (Å²) in [6.45, 7) is 10.4. The molecule has 2 aliphatic carbocycles. The third-order valence-electron chi connectivity index (χ3n) is 7.65. The highest BCUT2D eigenvalue weighted by Crippen LogP contribution is 2.61. The summed E-state index contributed by atoms with van der Waals surface area (Å²) in [6.07, 6.45) is 11.4. The first-order valence-corrected chi connectivity index (χ1v) is 11.3. The number of rotatable bonds is 6. The molecule has 170 valence electrons. The monoisotopic (exact) mass is 428 g/mol. The summed E-state index contributed by atoms with van der Waals surface area (Å²) < 4.78 is 16.4. The lowest BCUT2D eigenvalue weighted by molar-refractivity contribution is -0.162. The summed E-state index contributed by atoms with van der Waals surface area (Å²) in [7, 11) is 1.42. The fourth-order valence-corrected chi connectivity index (χ4v) is 6.08. The Morgan fingerprint density at radius 2 is 2.00 bits per heavy atom. The van der Waals surface area contributed by atoms with Crippen molar-refractivity contribution in [1.82, 2.24) is 0 Å². The number of allylic oxidation sites excluding steroid dienone is 1. The smallest absolute Gasteiger partial charge is 0.333 e. The van der Waals surface area contributed by atoms with Gasteiger partial charge in [0.1, 0.15) is 6.10 Å². The van der Waals surface area contributed by atoms with Crippen molar-refractivity contribution in [2.24, 2.45) is 22.7 Å². The first kappa shape index (κ1) is 23.4. The zero-order valence-corrected chi connectivity index (χ0v) is 19.7. The van der Waals surface area contributed by atoms with Crippen LogP contribution in [0.4, 0.5) is 0 Å². The minimum absolute atomic E-state index is 0.0200. The molecule has 1 aromatic heterocycles. The number of furan rings is 1. The number of carbonyl (C=O) groups is 2. The van der Waals surface area contributed by atoms with Crippen molar-refractivity contribution in [2.45, 2.75) is 72.8 Å². The minimum atomic E-state index is -0.457. The van der Waals surface area contributed by atoms with Crippen LogP contribution in [0.1, 0.15) is 65.9 Å². The Hall–Kier alpha value is -2.30. The molecule has 0 aliphatic heterocycles. The van der Waals surface area contributed by atoms with Gasteiger partial charge >= 0.3 is 11.9 Å². The lowest BCUT2D eigenvalue weighted by Gasteiger charge is -2.58. The Balaban J connectivity index is 2.06. The molecule has 0 amide bonds. The quantitative estimate of drug-likeness (QED) is 0.432. The number of hydrogen-bond donors (Lipinski definition) is 0. The molecule has 3 rings (SSSR count). The van der Waals surface area contributed by atoms with Crippen molar-refractivity contribution >= 4 is 11.9 Å². The predicted molar refractivity (Wildman–Crippen MR) is 119 cm³/mol. The van der Waals surface area contributed by atoms with Crippen molar-refractivity contribution in [3.63, 3.8) is 0 Å². The molecule has 0 unspecified atom stereocenters. The molecule has 2 aliphatic rings. The zero-order chi connectivity index (χ0) is 22.8. The third kappa shape index (κ3) is 4.51. The molecule has 5 nitrogen and oxygen atoms in total. The van der Waals surface area contributed by atoms with Crippen molar-refractivity contribution in [3.05, 3.63) is 47.5 Å². The highest BCUT2D eigenvalue weighted by molar-refractivity contribution is 5.90. The van der Waals surface area contributed by atoms with Crippen LogP contribution >= 0.6 is 0 Å². The standard InChI is InChI=1S/C26H36O5/c1-7-17(2)23(27)31-21-15-19(24(28)29-6)20(10-9-18-11-14-30-16-18)26(5)13-8-12-25(3,4)22(21)26/h7,11,14-16,20-22H,8-10,12-13H2,1-6H3/b17-7-/t20-,21-,22-,26+/m0/s1. The molecule has 1 aromatic rings. The van der Waals surface area contributed by atoms with Crippen LogP contribution in [0.5, 0.6) is 0 Å². The minimum Gasteiger partial charge on any atom is -0.472 e. The number of fused-ring (bicyclic) bond motifs is 1. The molecule has 4 atom stereocenters. The highest BCUT2D eigenvalue weighted by Gasteiger charge is 2.58. The van der Waals surface area contributed by atoms with Gasteiger partial charge in [0.05, 0.1) is 19.6 Å². The second-order valence-electron chi connectivity index (χ2n) is 10.0. The molecule has 1 heterocycles. The summed E-state index contributed by atoms with van der Waals surface area (Å²) in [5.41, 5.74) is 2.13. The van der Waals surface area contributed by atoms with Crippen molar-refractivity contribution in [3.8, 4) is 0 Å². The fraction of sp³-hybridized carbons (Fsp3) is 0.615. The molecule has 0 saturated heterocycles. The van der Waals surface area contributed by atoms with E-state index in [0.29, 0.717) is 11.1 Å². The van der Waals surface area contributed by atoms with Gasteiger partial charge in [-0.3, -0.25) is 0 Å². The van der Waals surface area contributed by atoms with Gasteiger partial charge in [-0.2, -0.15) is 0 Å². The first-order valence-electron chi connectivity index (χ1n) is 11.3. The lowest BCUT2D eigenvalue weighted by Crippen LogP contribution is -2.56. The zero-order valence-electron chi connectivity index (χ0n) is 19.7. The van der Waals surface area contributed by atoms with Crippen molar-refractivity contribution < 1.29 is 23.5 Å². The van der Waals surface area contributed by atoms with Crippen LogP contribution in [0.3, 0.4) is 0 Å². The topological polar surface area (TPSA) is 65.7 Å². The maximum absolute atomic E-state index is 12.9. The fourth-order valence-electron chi connectivity index (χ4n) is 6.08. The van der Waals surface area contributed by atoms with Gasteiger partial charge in [-0.1, -0.05) is 33.3 Å². The van der Waals surface area contributed by atoms with Gasteiger partial charge in [-0.05, 0) is 74.0 Å². The molecular weight excluding hydrogens is 392 g/mol. The summed E-state index contributed by atoms with van der Waals surface area (Å²) in [4.78, 5) is 25.6. The van der Waals surface area contributed by atoms with Gasteiger partial charge in [-0.15, -0.1) is 0 Å². The van der Waals surface area contributed by atoms with E-state index in [1.54, 1.807) is 25.5 Å². The SMILES string of the molecule is C/C=C(/C)C(=O)O[C@H]1C=C(C(=O)OC)[C@H](CCc2ccoc2)[C@@]2(C)CCCC(C)(C)[C@H]12. The van der Waals surface area contributed by atoms with Crippen LogP contribution in [0.25, 0.3) is 0 Å². The maximum Gasteiger partial charge on any atom is 0.333 e. The van der Waals surface area contributed by atoms with Gasteiger partial charge in [0.25, 0.3) is 0 Å². The van der Waals surface area contributed by atoms with Gasteiger partial charge in [-0.25, -0.2) is 9.59 Å². The van der Waals surface area contributed by atoms with Gasteiger partial charge < -0.3 is 13.9 Å². The Labute approximate surface area is 185 Å². The maximum atomic E-state index is 12.9. The molecule has 0 spiro atoms. The second-order valence-corrected chi connectivity index (χ2v) is 10.0. The number of carbonyl (C=O) groups excluding carboxylic acids is 2. The van der Waals surface area contributed by atoms with Gasteiger partial charge in [0, 0.05) is 17.1 Å². The summed E-state index contributed by atoms with van der Waals surface area (Å²) >= 11 is 0. The van der Waals surface area contributed by atoms with Crippen LogP contribution in [-0.2, 0) is 25.5 Å².